The highest BCUT2D eigenvalue weighted by Crippen LogP contribution is 2.24. The van der Waals surface area contributed by atoms with Crippen molar-refractivity contribution < 1.29 is 23.2 Å². The van der Waals surface area contributed by atoms with Gasteiger partial charge in [-0.3, -0.25) is 14.4 Å². The lowest BCUT2D eigenvalue weighted by Gasteiger charge is -2.37. The van der Waals surface area contributed by atoms with E-state index in [4.69, 9.17) is 0 Å². The first kappa shape index (κ1) is 24.4. The van der Waals surface area contributed by atoms with Gasteiger partial charge in [0.2, 0.25) is 5.91 Å². The molecule has 0 unspecified atom stereocenters. The zero-order valence-corrected chi connectivity index (χ0v) is 18.9. The van der Waals surface area contributed by atoms with Crippen molar-refractivity contribution in [3.8, 4) is 0 Å². The van der Waals surface area contributed by atoms with Gasteiger partial charge in [0.15, 0.2) is 0 Å². The summed E-state index contributed by atoms with van der Waals surface area (Å²) in [6.45, 7) is 5.56. The molecule has 1 atom stereocenters. The molecule has 0 spiro atoms. The predicted octanol–water partition coefficient (Wildman–Crippen LogP) is 3.48. The maximum Gasteiger partial charge on any atom is 0.253 e. The van der Waals surface area contributed by atoms with E-state index in [1.54, 1.807) is 15.9 Å². The van der Waals surface area contributed by atoms with Crippen molar-refractivity contribution in [2.45, 2.75) is 32.7 Å². The SMILES string of the molecule is CCN(CC)C(=O)[C@@H](NC(=O)c1ccc(F)cc1)C1CCN(C(=O)c2cccc(F)c2)CC1. The average molecular weight is 458 g/mol. The number of hydrogen-bond donors (Lipinski definition) is 1. The predicted molar refractivity (Wildman–Crippen MR) is 121 cm³/mol. The van der Waals surface area contributed by atoms with Crippen LogP contribution < -0.4 is 5.32 Å². The zero-order chi connectivity index (χ0) is 24.0. The number of carbonyl (C=O) groups is 3. The molecule has 33 heavy (non-hydrogen) atoms. The van der Waals surface area contributed by atoms with Gasteiger partial charge in [0.25, 0.3) is 11.8 Å². The molecule has 0 saturated carbocycles. The number of halogens is 2. The Morgan fingerprint density at radius 3 is 2.18 bits per heavy atom. The van der Waals surface area contributed by atoms with Crippen molar-refractivity contribution in [3.05, 3.63) is 71.3 Å². The third-order valence-electron chi connectivity index (χ3n) is 6.10. The monoisotopic (exact) mass is 457 g/mol. The summed E-state index contributed by atoms with van der Waals surface area (Å²) in [6.07, 6.45) is 1.03. The van der Waals surface area contributed by atoms with E-state index in [-0.39, 0.29) is 28.9 Å². The van der Waals surface area contributed by atoms with E-state index in [2.05, 4.69) is 5.32 Å². The van der Waals surface area contributed by atoms with Crippen molar-refractivity contribution in [2.75, 3.05) is 26.2 Å². The molecule has 0 bridgehead atoms. The third kappa shape index (κ3) is 5.94. The number of rotatable bonds is 7. The number of nitrogens with zero attached hydrogens (tertiary/aromatic N) is 2. The summed E-state index contributed by atoms with van der Waals surface area (Å²) < 4.78 is 26.7. The fourth-order valence-electron chi connectivity index (χ4n) is 4.18. The number of piperidine rings is 1. The van der Waals surface area contributed by atoms with Crippen LogP contribution >= 0.6 is 0 Å². The fourth-order valence-corrected chi connectivity index (χ4v) is 4.18. The molecule has 2 aromatic carbocycles. The quantitative estimate of drug-likeness (QED) is 0.692. The van der Waals surface area contributed by atoms with Crippen LogP contribution in [-0.2, 0) is 4.79 Å². The Balaban J connectivity index is 1.73. The van der Waals surface area contributed by atoms with Crippen molar-refractivity contribution in [3.63, 3.8) is 0 Å². The second-order valence-corrected chi connectivity index (χ2v) is 8.11. The van der Waals surface area contributed by atoms with Gasteiger partial charge in [-0.1, -0.05) is 6.07 Å². The van der Waals surface area contributed by atoms with Gasteiger partial charge in [-0.15, -0.1) is 0 Å². The minimum Gasteiger partial charge on any atom is -0.341 e. The smallest absolute Gasteiger partial charge is 0.253 e. The molecule has 1 saturated heterocycles. The van der Waals surface area contributed by atoms with Gasteiger partial charge in [0, 0.05) is 37.3 Å². The van der Waals surface area contributed by atoms with Gasteiger partial charge in [-0.05, 0) is 75.1 Å². The maximum absolute atomic E-state index is 13.5. The number of hydrogen-bond acceptors (Lipinski definition) is 3. The lowest BCUT2D eigenvalue weighted by Crippen LogP contribution is -2.54. The topological polar surface area (TPSA) is 69.7 Å². The van der Waals surface area contributed by atoms with E-state index in [0.29, 0.717) is 39.0 Å². The maximum atomic E-state index is 13.5. The van der Waals surface area contributed by atoms with Gasteiger partial charge in [-0.2, -0.15) is 0 Å². The fraction of sp³-hybridized carbons (Fsp3) is 0.400. The molecule has 3 amide bonds. The number of carbonyl (C=O) groups excluding carboxylic acids is 3. The van der Waals surface area contributed by atoms with Gasteiger partial charge in [0.05, 0.1) is 0 Å². The van der Waals surface area contributed by atoms with Crippen molar-refractivity contribution >= 4 is 17.7 Å². The molecule has 1 aliphatic rings. The van der Waals surface area contributed by atoms with Crippen molar-refractivity contribution in [2.24, 2.45) is 5.92 Å². The number of nitrogens with one attached hydrogen (secondary N) is 1. The summed E-state index contributed by atoms with van der Waals surface area (Å²) in [4.78, 5) is 42.1. The summed E-state index contributed by atoms with van der Waals surface area (Å²) >= 11 is 0. The summed E-state index contributed by atoms with van der Waals surface area (Å²) in [5.74, 6) is -1.96. The minimum absolute atomic E-state index is 0.168. The Morgan fingerprint density at radius 2 is 1.61 bits per heavy atom. The largest absolute Gasteiger partial charge is 0.341 e. The van der Waals surface area contributed by atoms with Gasteiger partial charge < -0.3 is 15.1 Å². The Kier molecular flexibility index (Phi) is 8.14. The first-order valence-corrected chi connectivity index (χ1v) is 11.2. The highest BCUT2D eigenvalue weighted by atomic mass is 19.1. The van der Waals surface area contributed by atoms with Crippen LogP contribution in [0, 0.1) is 17.6 Å². The van der Waals surface area contributed by atoms with Crippen molar-refractivity contribution in [1.82, 2.24) is 15.1 Å². The Hall–Kier alpha value is -3.29. The molecule has 176 valence electrons. The molecule has 0 aromatic heterocycles. The van der Waals surface area contributed by atoms with Crippen LogP contribution in [0.15, 0.2) is 48.5 Å². The number of amides is 3. The van der Waals surface area contributed by atoms with Gasteiger partial charge in [0.1, 0.15) is 17.7 Å². The highest BCUT2D eigenvalue weighted by molar-refractivity contribution is 5.97. The van der Waals surface area contributed by atoms with Gasteiger partial charge in [-0.25, -0.2) is 8.78 Å². The second-order valence-electron chi connectivity index (χ2n) is 8.11. The molecule has 1 fully saturated rings. The molecule has 1 N–H and O–H groups in total. The molecule has 3 rings (SSSR count). The third-order valence-corrected chi connectivity index (χ3v) is 6.10. The van der Waals surface area contributed by atoms with E-state index in [1.165, 1.54) is 42.5 Å². The standard InChI is InChI=1S/C25H29F2N3O3/c1-3-29(4-2)25(33)22(28-23(31)18-8-10-20(26)11-9-18)17-12-14-30(15-13-17)24(32)19-6-5-7-21(27)16-19/h5-11,16-17,22H,3-4,12-15H2,1-2H3,(H,28,31)/t22-/m0/s1. The average Bonchev–Trinajstić information content (AvgIpc) is 2.83. The van der Waals surface area contributed by atoms with Crippen LogP contribution in [0.2, 0.25) is 0 Å². The van der Waals surface area contributed by atoms with E-state index in [9.17, 15) is 23.2 Å². The molecule has 8 heteroatoms. The van der Waals surface area contributed by atoms with Crippen LogP contribution in [0.3, 0.4) is 0 Å². The number of likely N-dealkylation sites (tertiary alicyclic amines) is 1. The molecule has 2 aromatic rings. The van der Waals surface area contributed by atoms with Crippen LogP contribution in [0.4, 0.5) is 8.78 Å². The lowest BCUT2D eigenvalue weighted by atomic mass is 9.87. The number of benzene rings is 2. The number of likely N-dealkylation sites (N-methyl/N-ethyl adjacent to an activating group) is 1. The molecular formula is C25H29F2N3O3. The van der Waals surface area contributed by atoms with Crippen molar-refractivity contribution in [1.29, 1.82) is 0 Å². The summed E-state index contributed by atoms with van der Waals surface area (Å²) in [5.41, 5.74) is 0.557. The van der Waals surface area contributed by atoms with E-state index in [0.717, 1.165) is 0 Å². The summed E-state index contributed by atoms with van der Waals surface area (Å²) in [7, 11) is 0. The summed E-state index contributed by atoms with van der Waals surface area (Å²) in [5, 5.41) is 2.85. The molecular weight excluding hydrogens is 428 g/mol. The molecule has 1 aliphatic heterocycles. The lowest BCUT2D eigenvalue weighted by molar-refractivity contribution is -0.134. The van der Waals surface area contributed by atoms with Crippen LogP contribution in [-0.4, -0.2) is 59.7 Å². The first-order valence-electron chi connectivity index (χ1n) is 11.2. The summed E-state index contributed by atoms with van der Waals surface area (Å²) in [6, 6.07) is 9.98. The molecule has 6 nitrogen and oxygen atoms in total. The molecule has 0 aliphatic carbocycles. The van der Waals surface area contributed by atoms with Crippen LogP contribution in [0.1, 0.15) is 47.4 Å². The zero-order valence-electron chi connectivity index (χ0n) is 18.9. The van der Waals surface area contributed by atoms with Gasteiger partial charge >= 0.3 is 0 Å². The molecule has 1 heterocycles. The second kappa shape index (κ2) is 11.0. The molecule has 0 radical (unpaired) electrons. The highest BCUT2D eigenvalue weighted by Gasteiger charge is 2.35. The Labute approximate surface area is 192 Å². The Morgan fingerprint density at radius 1 is 0.970 bits per heavy atom. The van der Waals surface area contributed by atoms with E-state index < -0.39 is 23.6 Å². The van der Waals surface area contributed by atoms with E-state index in [1.807, 2.05) is 13.8 Å². The van der Waals surface area contributed by atoms with Crippen LogP contribution in [0.25, 0.3) is 0 Å². The normalized spacial score (nSPS) is 15.1. The van der Waals surface area contributed by atoms with Crippen LogP contribution in [0.5, 0.6) is 0 Å². The Bertz CT molecular complexity index is 985. The minimum atomic E-state index is -0.756. The first-order chi connectivity index (χ1) is 15.8. The van der Waals surface area contributed by atoms with E-state index >= 15 is 0 Å².